The standard InChI is InChI=1S/C30H35N7O2/c1-3-35(4-2)18-9-13-26(38)36-19-8-10-23(20-36)37-30-27(29(31)32-21-33-30)28(34-37)22-14-16-25(17-15-22)39-24-11-6-5-7-12-24/h5-7,9,11-17,21,23H,3-4,8,10,18-20H2,1-2H3,(H2,31,32,33)/b13-9+. The van der Waals surface area contributed by atoms with Crippen molar-refractivity contribution in [2.75, 3.05) is 38.5 Å². The third-order valence-electron chi connectivity index (χ3n) is 7.20. The molecular weight excluding hydrogens is 490 g/mol. The number of benzene rings is 2. The van der Waals surface area contributed by atoms with Crippen LogP contribution in [0.5, 0.6) is 11.5 Å². The molecule has 0 saturated carbocycles. The van der Waals surface area contributed by atoms with E-state index in [0.29, 0.717) is 18.0 Å². The zero-order valence-corrected chi connectivity index (χ0v) is 22.5. The molecule has 0 bridgehead atoms. The van der Waals surface area contributed by atoms with Gasteiger partial charge in [0.1, 0.15) is 29.3 Å². The largest absolute Gasteiger partial charge is 0.457 e. The van der Waals surface area contributed by atoms with E-state index in [-0.39, 0.29) is 11.9 Å². The predicted molar refractivity (Wildman–Crippen MR) is 153 cm³/mol. The molecule has 2 aromatic carbocycles. The lowest BCUT2D eigenvalue weighted by atomic mass is 10.1. The molecule has 1 amide bonds. The first-order chi connectivity index (χ1) is 19.1. The van der Waals surface area contributed by atoms with E-state index in [9.17, 15) is 4.79 Å². The molecule has 1 atom stereocenters. The van der Waals surface area contributed by atoms with Crippen LogP contribution in [0.3, 0.4) is 0 Å². The summed E-state index contributed by atoms with van der Waals surface area (Å²) >= 11 is 0. The highest BCUT2D eigenvalue weighted by Crippen LogP contribution is 2.34. The summed E-state index contributed by atoms with van der Waals surface area (Å²) in [5, 5.41) is 5.71. The van der Waals surface area contributed by atoms with Gasteiger partial charge in [0.05, 0.1) is 11.4 Å². The van der Waals surface area contributed by atoms with Gasteiger partial charge in [-0.2, -0.15) is 5.10 Å². The molecule has 0 aliphatic carbocycles. The van der Waals surface area contributed by atoms with Crippen molar-refractivity contribution in [3.63, 3.8) is 0 Å². The van der Waals surface area contributed by atoms with Gasteiger partial charge in [-0.25, -0.2) is 14.6 Å². The van der Waals surface area contributed by atoms with Crippen molar-refractivity contribution in [2.45, 2.75) is 32.7 Å². The second-order valence-electron chi connectivity index (χ2n) is 9.66. The molecule has 39 heavy (non-hydrogen) atoms. The molecule has 9 heteroatoms. The Morgan fingerprint density at radius 1 is 1.08 bits per heavy atom. The second-order valence-corrected chi connectivity index (χ2v) is 9.66. The molecule has 3 heterocycles. The minimum Gasteiger partial charge on any atom is -0.457 e. The van der Waals surface area contributed by atoms with Gasteiger partial charge in [-0.05, 0) is 62.3 Å². The van der Waals surface area contributed by atoms with Gasteiger partial charge in [-0.1, -0.05) is 38.1 Å². The van der Waals surface area contributed by atoms with E-state index in [0.717, 1.165) is 67.2 Å². The Balaban J connectivity index is 1.38. The maximum absolute atomic E-state index is 13.0. The van der Waals surface area contributed by atoms with E-state index in [1.807, 2.05) is 70.3 Å². The van der Waals surface area contributed by atoms with Crippen molar-refractivity contribution >= 4 is 22.8 Å². The molecule has 1 fully saturated rings. The fraction of sp³-hybridized carbons (Fsp3) is 0.333. The number of nitrogens with two attached hydrogens (primary N) is 1. The SMILES string of the molecule is CCN(CC)C/C=C/C(=O)N1CCCC(n2nc(-c3ccc(Oc4ccccc4)cc3)c3c(N)ncnc32)C1. The quantitative estimate of drug-likeness (QED) is 0.309. The highest BCUT2D eigenvalue weighted by atomic mass is 16.5. The summed E-state index contributed by atoms with van der Waals surface area (Å²) in [6.45, 7) is 8.25. The zero-order chi connectivity index (χ0) is 27.2. The molecule has 9 nitrogen and oxygen atoms in total. The molecule has 2 N–H and O–H groups in total. The van der Waals surface area contributed by atoms with Crippen LogP contribution in [-0.2, 0) is 4.79 Å². The lowest BCUT2D eigenvalue weighted by molar-refractivity contribution is -0.127. The Labute approximate surface area is 228 Å². The normalized spacial score (nSPS) is 15.9. The second kappa shape index (κ2) is 12.1. The summed E-state index contributed by atoms with van der Waals surface area (Å²) in [5.74, 6) is 1.92. The minimum absolute atomic E-state index is 0.00915. The topological polar surface area (TPSA) is 102 Å². The Morgan fingerprint density at radius 3 is 2.56 bits per heavy atom. The minimum atomic E-state index is -0.00915. The summed E-state index contributed by atoms with van der Waals surface area (Å²) in [4.78, 5) is 25.9. The molecule has 2 aromatic heterocycles. The van der Waals surface area contributed by atoms with Crippen LogP contribution in [-0.4, -0.2) is 68.2 Å². The van der Waals surface area contributed by atoms with Gasteiger partial charge in [0.15, 0.2) is 5.65 Å². The van der Waals surface area contributed by atoms with Crippen molar-refractivity contribution in [2.24, 2.45) is 0 Å². The van der Waals surface area contributed by atoms with E-state index in [2.05, 4.69) is 28.7 Å². The van der Waals surface area contributed by atoms with Crippen LogP contribution in [0.4, 0.5) is 5.82 Å². The third-order valence-corrected chi connectivity index (χ3v) is 7.20. The number of likely N-dealkylation sites (N-methyl/N-ethyl adjacent to an activating group) is 1. The van der Waals surface area contributed by atoms with Crippen molar-refractivity contribution in [1.29, 1.82) is 0 Å². The van der Waals surface area contributed by atoms with Gasteiger partial charge in [0, 0.05) is 31.3 Å². The number of ether oxygens (including phenoxy) is 1. The van der Waals surface area contributed by atoms with E-state index >= 15 is 0 Å². The van der Waals surface area contributed by atoms with Gasteiger partial charge in [-0.3, -0.25) is 4.79 Å². The van der Waals surface area contributed by atoms with Gasteiger partial charge in [-0.15, -0.1) is 0 Å². The number of fused-ring (bicyclic) bond motifs is 1. The van der Waals surface area contributed by atoms with E-state index in [4.69, 9.17) is 15.6 Å². The fourth-order valence-electron chi connectivity index (χ4n) is 5.00. The van der Waals surface area contributed by atoms with Gasteiger partial charge < -0.3 is 20.3 Å². The van der Waals surface area contributed by atoms with Crippen LogP contribution in [0.2, 0.25) is 0 Å². The van der Waals surface area contributed by atoms with Crippen LogP contribution in [0.25, 0.3) is 22.3 Å². The highest BCUT2D eigenvalue weighted by Gasteiger charge is 2.28. The van der Waals surface area contributed by atoms with Crippen LogP contribution in [0.15, 0.2) is 73.1 Å². The molecule has 4 aromatic rings. The van der Waals surface area contributed by atoms with Crippen molar-refractivity contribution < 1.29 is 9.53 Å². The summed E-state index contributed by atoms with van der Waals surface area (Å²) in [6, 6.07) is 17.4. The first kappa shape index (κ1) is 26.4. The zero-order valence-electron chi connectivity index (χ0n) is 22.5. The Kier molecular flexibility index (Phi) is 8.17. The summed E-state index contributed by atoms with van der Waals surface area (Å²) in [7, 11) is 0. The van der Waals surface area contributed by atoms with E-state index in [1.54, 1.807) is 6.08 Å². The molecule has 1 saturated heterocycles. The number of amides is 1. The number of carbonyl (C=O) groups is 1. The molecule has 1 unspecified atom stereocenters. The molecule has 0 radical (unpaired) electrons. The van der Waals surface area contributed by atoms with Crippen molar-refractivity contribution in [1.82, 2.24) is 29.5 Å². The number of carbonyl (C=O) groups excluding carboxylic acids is 1. The summed E-state index contributed by atoms with van der Waals surface area (Å²) in [5.41, 5.74) is 8.63. The highest BCUT2D eigenvalue weighted by molar-refractivity contribution is 5.98. The van der Waals surface area contributed by atoms with Crippen LogP contribution < -0.4 is 10.5 Å². The van der Waals surface area contributed by atoms with E-state index in [1.165, 1.54) is 6.33 Å². The molecular formula is C30H35N7O2. The van der Waals surface area contributed by atoms with Crippen molar-refractivity contribution in [3.05, 3.63) is 73.1 Å². The lowest BCUT2D eigenvalue weighted by Gasteiger charge is -2.32. The van der Waals surface area contributed by atoms with E-state index < -0.39 is 0 Å². The van der Waals surface area contributed by atoms with Gasteiger partial charge in [0.2, 0.25) is 5.91 Å². The monoisotopic (exact) mass is 525 g/mol. The first-order valence-corrected chi connectivity index (χ1v) is 13.6. The average molecular weight is 526 g/mol. The van der Waals surface area contributed by atoms with Crippen LogP contribution >= 0.6 is 0 Å². The molecule has 202 valence electrons. The molecule has 1 aliphatic heterocycles. The fourth-order valence-corrected chi connectivity index (χ4v) is 5.00. The number of hydrogen-bond acceptors (Lipinski definition) is 7. The predicted octanol–water partition coefficient (Wildman–Crippen LogP) is 4.93. The van der Waals surface area contributed by atoms with Crippen LogP contribution in [0.1, 0.15) is 32.7 Å². The number of likely N-dealkylation sites (tertiary alicyclic amines) is 1. The molecule has 0 spiro atoms. The first-order valence-electron chi connectivity index (χ1n) is 13.6. The van der Waals surface area contributed by atoms with Crippen LogP contribution in [0, 0.1) is 0 Å². The number of piperidine rings is 1. The van der Waals surface area contributed by atoms with Gasteiger partial charge >= 0.3 is 0 Å². The number of rotatable bonds is 9. The number of hydrogen-bond donors (Lipinski definition) is 1. The number of nitrogen functional groups attached to an aromatic ring is 1. The Bertz CT molecular complexity index is 1430. The Hall–Kier alpha value is -4.24. The molecule has 5 rings (SSSR count). The summed E-state index contributed by atoms with van der Waals surface area (Å²) in [6.07, 6.45) is 6.92. The summed E-state index contributed by atoms with van der Waals surface area (Å²) < 4.78 is 7.87. The number of aromatic nitrogens is 4. The molecule has 1 aliphatic rings. The lowest BCUT2D eigenvalue weighted by Crippen LogP contribution is -2.40. The number of anilines is 1. The maximum atomic E-state index is 13.0. The van der Waals surface area contributed by atoms with Gasteiger partial charge in [0.25, 0.3) is 0 Å². The maximum Gasteiger partial charge on any atom is 0.246 e. The van der Waals surface area contributed by atoms with Crippen molar-refractivity contribution in [3.8, 4) is 22.8 Å². The number of nitrogens with zero attached hydrogens (tertiary/aromatic N) is 6. The number of para-hydroxylation sites is 1. The Morgan fingerprint density at radius 2 is 1.82 bits per heavy atom. The smallest absolute Gasteiger partial charge is 0.246 e. The average Bonchev–Trinajstić information content (AvgIpc) is 3.37. The third kappa shape index (κ3) is 5.93.